The van der Waals surface area contributed by atoms with Gasteiger partial charge in [0.25, 0.3) is 0 Å². The summed E-state index contributed by atoms with van der Waals surface area (Å²) in [7, 11) is 0. The largest absolute Gasteiger partial charge is 0.350 e. The maximum absolute atomic E-state index is 12.0. The molecule has 2 rings (SSSR count). The summed E-state index contributed by atoms with van der Waals surface area (Å²) >= 11 is 0. The fraction of sp³-hybridized carbons (Fsp3) is 0.786. The lowest BCUT2D eigenvalue weighted by Gasteiger charge is -2.35. The summed E-state index contributed by atoms with van der Waals surface area (Å²) in [5.41, 5.74) is 2.65. The predicted octanol–water partition coefficient (Wildman–Crippen LogP) is 1.99. The minimum atomic E-state index is 0.145. The van der Waals surface area contributed by atoms with E-state index in [0.29, 0.717) is 11.5 Å². The maximum Gasteiger partial charge on any atom is 0.247 e. The van der Waals surface area contributed by atoms with E-state index in [0.717, 1.165) is 31.5 Å². The molecule has 0 aromatic heterocycles. The van der Waals surface area contributed by atoms with Crippen LogP contribution in [0.3, 0.4) is 0 Å². The van der Waals surface area contributed by atoms with E-state index in [-0.39, 0.29) is 5.91 Å². The Balaban J connectivity index is 1.84. The van der Waals surface area contributed by atoms with Gasteiger partial charge in [-0.05, 0) is 43.6 Å². The zero-order chi connectivity index (χ0) is 12.5. The van der Waals surface area contributed by atoms with Crippen LogP contribution in [0.15, 0.2) is 11.1 Å². The highest BCUT2D eigenvalue weighted by Crippen LogP contribution is 2.35. The minimum Gasteiger partial charge on any atom is -0.350 e. The molecule has 0 aromatic rings. The number of amides is 1. The molecular weight excluding hydrogens is 212 g/mol. The first-order chi connectivity index (χ1) is 7.98. The Kier molecular flexibility index (Phi) is 3.57. The second kappa shape index (κ2) is 4.81. The number of hydrogen-bond donors (Lipinski definition) is 2. The number of rotatable bonds is 2. The van der Waals surface area contributed by atoms with Gasteiger partial charge in [0.05, 0.1) is 0 Å². The van der Waals surface area contributed by atoms with Crippen molar-refractivity contribution in [2.75, 3.05) is 13.1 Å². The van der Waals surface area contributed by atoms with E-state index in [2.05, 4.69) is 24.5 Å². The van der Waals surface area contributed by atoms with Gasteiger partial charge >= 0.3 is 0 Å². The zero-order valence-corrected chi connectivity index (χ0v) is 11.2. The molecule has 1 saturated carbocycles. The van der Waals surface area contributed by atoms with Gasteiger partial charge in [0.2, 0.25) is 5.91 Å². The van der Waals surface area contributed by atoms with E-state index in [1.165, 1.54) is 18.4 Å². The molecule has 1 aliphatic carbocycles. The molecule has 0 radical (unpaired) electrons. The van der Waals surface area contributed by atoms with Crippen molar-refractivity contribution in [3.05, 3.63) is 11.1 Å². The highest BCUT2D eigenvalue weighted by Gasteiger charge is 2.28. The van der Waals surface area contributed by atoms with Crippen LogP contribution in [0.4, 0.5) is 0 Å². The highest BCUT2D eigenvalue weighted by molar-refractivity contribution is 5.94. The Bertz CT molecular complexity index is 328. The summed E-state index contributed by atoms with van der Waals surface area (Å²) in [5.74, 6) is 0.145. The quantitative estimate of drug-likeness (QED) is 0.720. The summed E-state index contributed by atoms with van der Waals surface area (Å²) in [5, 5.41) is 6.35. The molecule has 0 spiro atoms. The van der Waals surface area contributed by atoms with Crippen molar-refractivity contribution in [2.45, 2.75) is 52.5 Å². The Hall–Kier alpha value is -0.830. The molecule has 2 N–H and O–H groups in total. The lowest BCUT2D eigenvalue weighted by molar-refractivity contribution is -0.118. The van der Waals surface area contributed by atoms with E-state index in [1.54, 1.807) is 0 Å². The van der Waals surface area contributed by atoms with Crippen LogP contribution in [0.25, 0.3) is 0 Å². The van der Waals surface area contributed by atoms with Gasteiger partial charge in [-0.15, -0.1) is 0 Å². The molecule has 2 fully saturated rings. The molecule has 1 amide bonds. The van der Waals surface area contributed by atoms with E-state index in [4.69, 9.17) is 0 Å². The van der Waals surface area contributed by atoms with Crippen molar-refractivity contribution in [1.82, 2.24) is 10.6 Å². The summed E-state index contributed by atoms with van der Waals surface area (Å²) in [6, 6.07) is 0.388. The molecule has 0 aromatic carbocycles. The monoisotopic (exact) mass is 236 g/mol. The van der Waals surface area contributed by atoms with Crippen LogP contribution < -0.4 is 10.6 Å². The van der Waals surface area contributed by atoms with Gasteiger partial charge in [0, 0.05) is 24.7 Å². The summed E-state index contributed by atoms with van der Waals surface area (Å²) < 4.78 is 0. The van der Waals surface area contributed by atoms with Gasteiger partial charge in [-0.25, -0.2) is 0 Å². The number of carbonyl (C=O) groups excluding carboxylic acids is 1. The molecule has 0 atom stereocenters. The average Bonchev–Trinajstić information content (AvgIpc) is 2.18. The molecule has 96 valence electrons. The Morgan fingerprint density at radius 3 is 2.35 bits per heavy atom. The molecule has 1 heterocycles. The second-order valence-corrected chi connectivity index (χ2v) is 6.24. The van der Waals surface area contributed by atoms with Gasteiger partial charge < -0.3 is 10.6 Å². The first-order valence-corrected chi connectivity index (χ1v) is 6.68. The smallest absolute Gasteiger partial charge is 0.247 e. The van der Waals surface area contributed by atoms with Crippen molar-refractivity contribution in [1.29, 1.82) is 0 Å². The first kappa shape index (κ1) is 12.6. The van der Waals surface area contributed by atoms with E-state index >= 15 is 0 Å². The van der Waals surface area contributed by atoms with Gasteiger partial charge in [0.15, 0.2) is 0 Å². The number of carbonyl (C=O) groups is 1. The van der Waals surface area contributed by atoms with Gasteiger partial charge in [-0.3, -0.25) is 4.79 Å². The van der Waals surface area contributed by atoms with Crippen LogP contribution in [0.5, 0.6) is 0 Å². The molecule has 3 heteroatoms. The van der Waals surface area contributed by atoms with Gasteiger partial charge in [-0.2, -0.15) is 0 Å². The topological polar surface area (TPSA) is 41.1 Å². The molecule has 3 nitrogen and oxygen atoms in total. The summed E-state index contributed by atoms with van der Waals surface area (Å²) in [6.45, 7) is 8.35. The average molecular weight is 236 g/mol. The third kappa shape index (κ3) is 3.09. The second-order valence-electron chi connectivity index (χ2n) is 6.24. The highest BCUT2D eigenvalue weighted by atomic mass is 16.1. The van der Waals surface area contributed by atoms with Crippen LogP contribution in [-0.2, 0) is 4.79 Å². The lowest BCUT2D eigenvalue weighted by atomic mass is 9.75. The van der Waals surface area contributed by atoms with Gasteiger partial charge in [0.1, 0.15) is 0 Å². The van der Waals surface area contributed by atoms with E-state index < -0.39 is 0 Å². The standard InChI is InChI=1S/C14H24N2O/c1-10(11-8-15-9-11)13(17)16-12-4-6-14(2,3)7-5-12/h12,15H,4-9H2,1-3H3,(H,16,17). The Morgan fingerprint density at radius 2 is 1.88 bits per heavy atom. The first-order valence-electron chi connectivity index (χ1n) is 6.68. The van der Waals surface area contributed by atoms with Crippen LogP contribution in [0.1, 0.15) is 46.5 Å². The minimum absolute atomic E-state index is 0.145. The van der Waals surface area contributed by atoms with Crippen molar-refractivity contribution >= 4 is 5.91 Å². The van der Waals surface area contributed by atoms with Crippen LogP contribution in [0.2, 0.25) is 0 Å². The fourth-order valence-electron chi connectivity index (χ4n) is 2.51. The molecule has 1 saturated heterocycles. The van der Waals surface area contributed by atoms with Crippen LogP contribution in [0, 0.1) is 5.41 Å². The number of nitrogens with one attached hydrogen (secondary N) is 2. The van der Waals surface area contributed by atoms with E-state index in [1.807, 2.05) is 6.92 Å². The molecule has 2 aliphatic rings. The Labute approximate surface area is 104 Å². The zero-order valence-electron chi connectivity index (χ0n) is 11.2. The normalized spacial score (nSPS) is 24.1. The Morgan fingerprint density at radius 1 is 1.29 bits per heavy atom. The SMILES string of the molecule is CC(C(=O)NC1CCC(C)(C)CC1)=C1CNC1. The summed E-state index contributed by atoms with van der Waals surface area (Å²) in [4.78, 5) is 12.0. The summed E-state index contributed by atoms with van der Waals surface area (Å²) in [6.07, 6.45) is 4.68. The fourth-order valence-corrected chi connectivity index (χ4v) is 2.51. The van der Waals surface area contributed by atoms with Crippen molar-refractivity contribution in [3.8, 4) is 0 Å². The number of hydrogen-bond acceptors (Lipinski definition) is 2. The third-order valence-corrected chi connectivity index (χ3v) is 4.22. The predicted molar refractivity (Wildman–Crippen MR) is 69.7 cm³/mol. The molecule has 0 unspecified atom stereocenters. The van der Waals surface area contributed by atoms with Crippen LogP contribution >= 0.6 is 0 Å². The van der Waals surface area contributed by atoms with Crippen molar-refractivity contribution in [3.63, 3.8) is 0 Å². The lowest BCUT2D eigenvalue weighted by Crippen LogP contribution is -2.42. The third-order valence-electron chi connectivity index (χ3n) is 4.22. The van der Waals surface area contributed by atoms with Gasteiger partial charge in [-0.1, -0.05) is 13.8 Å². The molecule has 17 heavy (non-hydrogen) atoms. The molecule has 0 bridgehead atoms. The maximum atomic E-state index is 12.0. The van der Waals surface area contributed by atoms with Crippen LogP contribution in [-0.4, -0.2) is 25.0 Å². The molecule has 1 aliphatic heterocycles. The van der Waals surface area contributed by atoms with Crippen molar-refractivity contribution in [2.24, 2.45) is 5.41 Å². The van der Waals surface area contributed by atoms with Crippen molar-refractivity contribution < 1.29 is 4.79 Å². The molecular formula is C14H24N2O. The van der Waals surface area contributed by atoms with E-state index in [9.17, 15) is 4.79 Å².